The lowest BCUT2D eigenvalue weighted by atomic mass is 10.4. The average Bonchev–Trinajstić information content (AvgIpc) is 1.89. The van der Waals surface area contributed by atoms with Crippen molar-refractivity contribution in [2.75, 3.05) is 20.8 Å². The van der Waals surface area contributed by atoms with E-state index in [1.807, 2.05) is 0 Å². The van der Waals surface area contributed by atoms with Crippen molar-refractivity contribution in [2.45, 2.75) is 12.4 Å². The second kappa shape index (κ2) is 3.79. The zero-order chi connectivity index (χ0) is 7.33. The van der Waals surface area contributed by atoms with Crippen LogP contribution < -0.4 is 0 Å². The summed E-state index contributed by atoms with van der Waals surface area (Å²) >= 11 is 0. The molecule has 0 heterocycles. The van der Waals surface area contributed by atoms with E-state index in [2.05, 4.69) is 9.47 Å². The van der Waals surface area contributed by atoms with Gasteiger partial charge in [0.15, 0.2) is 0 Å². The van der Waals surface area contributed by atoms with Gasteiger partial charge in [-0.05, 0) is 0 Å². The molecule has 0 aromatic carbocycles. The average molecular weight is 136 g/mol. The number of methoxy groups -OCH3 is 2. The highest BCUT2D eigenvalue weighted by Gasteiger charge is 2.24. The molecule has 0 aliphatic rings. The van der Waals surface area contributed by atoms with E-state index < -0.39 is 5.97 Å². The third-order valence-corrected chi connectivity index (χ3v) is 1.07. The summed E-state index contributed by atoms with van der Waals surface area (Å²) in [4.78, 5) is 0. The Kier molecular flexibility index (Phi) is 3.72. The van der Waals surface area contributed by atoms with Crippen LogP contribution >= 0.6 is 0 Å². The highest BCUT2D eigenvalue weighted by atomic mass is 16.8. The van der Waals surface area contributed by atoms with Crippen LogP contribution in [0.25, 0.3) is 0 Å². The molecule has 4 nitrogen and oxygen atoms in total. The van der Waals surface area contributed by atoms with Gasteiger partial charge in [-0.2, -0.15) is 0 Å². The maximum absolute atomic E-state index is 9.02. The van der Waals surface area contributed by atoms with Gasteiger partial charge in [0.05, 0.1) is 13.0 Å². The van der Waals surface area contributed by atoms with Gasteiger partial charge < -0.3 is 19.7 Å². The molecule has 0 aliphatic carbocycles. The van der Waals surface area contributed by atoms with Crippen molar-refractivity contribution in [2.24, 2.45) is 0 Å². The smallest absolute Gasteiger partial charge is 0.282 e. The van der Waals surface area contributed by atoms with E-state index in [1.54, 1.807) is 0 Å². The monoisotopic (exact) mass is 136 g/mol. The fourth-order valence-corrected chi connectivity index (χ4v) is 0.429. The number of ether oxygens (including phenoxy) is 2. The predicted molar refractivity (Wildman–Crippen MR) is 30.7 cm³/mol. The molecule has 0 aromatic rings. The van der Waals surface area contributed by atoms with Gasteiger partial charge in [-0.3, -0.25) is 0 Å². The van der Waals surface area contributed by atoms with Gasteiger partial charge in [0.2, 0.25) is 0 Å². The highest BCUT2D eigenvalue weighted by Crippen LogP contribution is 2.09. The molecule has 0 amide bonds. The second-order valence-electron chi connectivity index (χ2n) is 1.59. The summed E-state index contributed by atoms with van der Waals surface area (Å²) in [6.45, 7) is -0.168. The zero-order valence-electron chi connectivity index (χ0n) is 5.63. The molecular weight excluding hydrogens is 124 g/mol. The maximum Gasteiger partial charge on any atom is 0.282 e. The van der Waals surface area contributed by atoms with Crippen molar-refractivity contribution in [3.63, 3.8) is 0 Å². The van der Waals surface area contributed by atoms with E-state index in [0.29, 0.717) is 0 Å². The third kappa shape index (κ3) is 2.76. The molecule has 2 N–H and O–H groups in total. The van der Waals surface area contributed by atoms with Crippen molar-refractivity contribution < 1.29 is 19.7 Å². The van der Waals surface area contributed by atoms with E-state index in [0.717, 1.165) is 0 Å². The number of hydrogen-bond donors (Lipinski definition) is 2. The largest absolute Gasteiger partial charge is 0.396 e. The van der Waals surface area contributed by atoms with E-state index in [1.165, 1.54) is 14.2 Å². The van der Waals surface area contributed by atoms with E-state index >= 15 is 0 Å². The first-order valence-electron chi connectivity index (χ1n) is 2.62. The molecule has 4 heteroatoms. The minimum absolute atomic E-state index is 0.0556. The minimum Gasteiger partial charge on any atom is -0.396 e. The summed E-state index contributed by atoms with van der Waals surface area (Å²) in [5.41, 5.74) is 0. The first kappa shape index (κ1) is 8.84. The third-order valence-electron chi connectivity index (χ3n) is 1.07. The summed E-state index contributed by atoms with van der Waals surface area (Å²) in [6.07, 6.45) is 0.0556. The highest BCUT2D eigenvalue weighted by molar-refractivity contribution is 4.49. The van der Waals surface area contributed by atoms with E-state index in [-0.39, 0.29) is 13.0 Å². The Hall–Kier alpha value is -0.160. The number of aliphatic hydroxyl groups excluding tert-OH is 1. The van der Waals surface area contributed by atoms with Gasteiger partial charge in [-0.1, -0.05) is 0 Å². The topological polar surface area (TPSA) is 58.9 Å². The van der Waals surface area contributed by atoms with Crippen LogP contribution in [-0.2, 0) is 9.47 Å². The van der Waals surface area contributed by atoms with Crippen molar-refractivity contribution >= 4 is 0 Å². The summed E-state index contributed by atoms with van der Waals surface area (Å²) in [5, 5.41) is 17.4. The van der Waals surface area contributed by atoms with Gasteiger partial charge in [0, 0.05) is 14.2 Å². The van der Waals surface area contributed by atoms with Crippen LogP contribution in [0, 0.1) is 0 Å². The van der Waals surface area contributed by atoms with Crippen LogP contribution in [0.4, 0.5) is 0 Å². The van der Waals surface area contributed by atoms with Crippen molar-refractivity contribution in [3.05, 3.63) is 0 Å². The SMILES string of the molecule is COC(O)(CCO)OC. The van der Waals surface area contributed by atoms with E-state index in [4.69, 9.17) is 10.2 Å². The van der Waals surface area contributed by atoms with Crippen molar-refractivity contribution in [1.82, 2.24) is 0 Å². The van der Waals surface area contributed by atoms with Crippen molar-refractivity contribution in [3.8, 4) is 0 Å². The van der Waals surface area contributed by atoms with Crippen LogP contribution in [0.5, 0.6) is 0 Å². The van der Waals surface area contributed by atoms with E-state index in [9.17, 15) is 0 Å². The fourth-order valence-electron chi connectivity index (χ4n) is 0.429. The molecular formula is C5H12O4. The molecule has 9 heavy (non-hydrogen) atoms. The van der Waals surface area contributed by atoms with Gasteiger partial charge in [-0.25, -0.2) is 0 Å². The first-order chi connectivity index (χ1) is 4.18. The fraction of sp³-hybridized carbons (Fsp3) is 1.00. The quantitative estimate of drug-likeness (QED) is 0.502. The Morgan fingerprint density at radius 1 is 1.33 bits per heavy atom. The van der Waals surface area contributed by atoms with Gasteiger partial charge in [0.1, 0.15) is 0 Å². The van der Waals surface area contributed by atoms with Crippen LogP contribution in [0.15, 0.2) is 0 Å². The van der Waals surface area contributed by atoms with Crippen LogP contribution in [0.3, 0.4) is 0 Å². The summed E-state index contributed by atoms with van der Waals surface area (Å²) < 4.78 is 9.00. The summed E-state index contributed by atoms with van der Waals surface area (Å²) in [7, 11) is 2.61. The molecule has 0 rings (SSSR count). The molecule has 0 unspecified atom stereocenters. The second-order valence-corrected chi connectivity index (χ2v) is 1.59. The van der Waals surface area contributed by atoms with Gasteiger partial charge >= 0.3 is 0 Å². The molecule has 0 aliphatic heterocycles. The Labute approximate surface area is 54.0 Å². The normalized spacial score (nSPS) is 12.0. The van der Waals surface area contributed by atoms with Crippen LogP contribution in [0.1, 0.15) is 6.42 Å². The Balaban J connectivity index is 3.62. The molecule has 0 radical (unpaired) electrons. The lowest BCUT2D eigenvalue weighted by Crippen LogP contribution is -2.34. The Bertz CT molecular complexity index is 69.4. The molecule has 0 saturated carbocycles. The summed E-state index contributed by atoms with van der Waals surface area (Å²) in [5.74, 6) is -1.62. The molecule has 0 atom stereocenters. The first-order valence-corrected chi connectivity index (χ1v) is 2.62. The van der Waals surface area contributed by atoms with Crippen LogP contribution in [0.2, 0.25) is 0 Å². The molecule has 0 spiro atoms. The lowest BCUT2D eigenvalue weighted by Gasteiger charge is -2.22. The number of aliphatic hydroxyl groups is 2. The Morgan fingerprint density at radius 3 is 1.89 bits per heavy atom. The Morgan fingerprint density at radius 2 is 1.78 bits per heavy atom. The summed E-state index contributed by atoms with van der Waals surface area (Å²) in [6, 6.07) is 0. The van der Waals surface area contributed by atoms with Gasteiger partial charge in [-0.15, -0.1) is 0 Å². The van der Waals surface area contributed by atoms with Crippen LogP contribution in [-0.4, -0.2) is 37.0 Å². The molecule has 56 valence electrons. The zero-order valence-corrected chi connectivity index (χ0v) is 5.63. The molecule has 0 saturated heterocycles. The predicted octanol–water partition coefficient (Wildman–Crippen LogP) is -0.692. The molecule has 0 fully saturated rings. The number of hydrogen-bond acceptors (Lipinski definition) is 4. The lowest BCUT2D eigenvalue weighted by molar-refractivity contribution is -0.344. The number of rotatable bonds is 4. The van der Waals surface area contributed by atoms with Gasteiger partial charge in [0.25, 0.3) is 5.97 Å². The minimum atomic E-state index is -1.62. The molecule has 0 aromatic heterocycles. The molecule has 0 bridgehead atoms. The standard InChI is InChI=1S/C5H12O4/c1-8-5(7,9-2)3-4-6/h6-7H,3-4H2,1-2H3. The maximum atomic E-state index is 9.02. The van der Waals surface area contributed by atoms with Crippen molar-refractivity contribution in [1.29, 1.82) is 0 Å².